The SMILES string of the molecule is CN(C1CCNC1)S(=O)(=O)c1ccn[nH]1. The molecule has 0 aliphatic carbocycles. The summed E-state index contributed by atoms with van der Waals surface area (Å²) in [5.74, 6) is 0. The molecule has 1 fully saturated rings. The molecule has 2 rings (SSSR count). The predicted molar refractivity (Wildman–Crippen MR) is 54.8 cm³/mol. The largest absolute Gasteiger partial charge is 0.315 e. The highest BCUT2D eigenvalue weighted by Gasteiger charge is 2.30. The molecule has 2 N–H and O–H groups in total. The molecule has 15 heavy (non-hydrogen) atoms. The molecular weight excluding hydrogens is 216 g/mol. The third-order valence-electron chi connectivity index (χ3n) is 2.68. The van der Waals surface area contributed by atoms with Crippen LogP contribution in [0.2, 0.25) is 0 Å². The molecule has 0 spiro atoms. The van der Waals surface area contributed by atoms with E-state index in [4.69, 9.17) is 0 Å². The maximum Gasteiger partial charge on any atom is 0.260 e. The van der Waals surface area contributed by atoms with E-state index in [2.05, 4.69) is 15.5 Å². The van der Waals surface area contributed by atoms with Gasteiger partial charge in [0.1, 0.15) is 0 Å². The van der Waals surface area contributed by atoms with E-state index in [0.29, 0.717) is 6.54 Å². The zero-order chi connectivity index (χ0) is 10.9. The lowest BCUT2D eigenvalue weighted by Crippen LogP contribution is -2.38. The molecule has 0 radical (unpaired) electrons. The number of likely N-dealkylation sites (N-methyl/N-ethyl adjacent to an activating group) is 1. The van der Waals surface area contributed by atoms with Crippen LogP contribution in [0.5, 0.6) is 0 Å². The van der Waals surface area contributed by atoms with Crippen molar-refractivity contribution >= 4 is 10.0 Å². The third-order valence-corrected chi connectivity index (χ3v) is 4.52. The van der Waals surface area contributed by atoms with Crippen molar-refractivity contribution in [3.05, 3.63) is 12.3 Å². The summed E-state index contributed by atoms with van der Waals surface area (Å²) >= 11 is 0. The monoisotopic (exact) mass is 230 g/mol. The highest BCUT2D eigenvalue weighted by atomic mass is 32.2. The van der Waals surface area contributed by atoms with Gasteiger partial charge in [0.2, 0.25) is 0 Å². The summed E-state index contributed by atoms with van der Waals surface area (Å²) < 4.78 is 25.4. The molecule has 1 aliphatic rings. The van der Waals surface area contributed by atoms with Gasteiger partial charge in [-0.1, -0.05) is 0 Å². The van der Waals surface area contributed by atoms with Crippen molar-refractivity contribution in [3.63, 3.8) is 0 Å². The van der Waals surface area contributed by atoms with Crippen molar-refractivity contribution < 1.29 is 8.42 Å². The molecule has 84 valence electrons. The van der Waals surface area contributed by atoms with Gasteiger partial charge >= 0.3 is 0 Å². The van der Waals surface area contributed by atoms with E-state index < -0.39 is 10.0 Å². The van der Waals surface area contributed by atoms with Gasteiger partial charge in [0.05, 0.1) is 6.20 Å². The number of nitrogens with zero attached hydrogens (tertiary/aromatic N) is 2. The molecule has 0 saturated carbocycles. The van der Waals surface area contributed by atoms with Crippen molar-refractivity contribution in [2.24, 2.45) is 0 Å². The Morgan fingerprint density at radius 1 is 1.60 bits per heavy atom. The normalized spacial score (nSPS) is 22.4. The van der Waals surface area contributed by atoms with Crippen molar-refractivity contribution in [3.8, 4) is 0 Å². The van der Waals surface area contributed by atoms with Gasteiger partial charge in [-0.05, 0) is 19.0 Å². The van der Waals surface area contributed by atoms with Gasteiger partial charge in [0.15, 0.2) is 5.03 Å². The summed E-state index contributed by atoms with van der Waals surface area (Å²) in [5.41, 5.74) is 0. The van der Waals surface area contributed by atoms with E-state index in [1.54, 1.807) is 7.05 Å². The van der Waals surface area contributed by atoms with Gasteiger partial charge in [-0.3, -0.25) is 5.10 Å². The minimum Gasteiger partial charge on any atom is -0.315 e. The average Bonchev–Trinajstić information content (AvgIpc) is 2.89. The number of hydrogen-bond acceptors (Lipinski definition) is 4. The molecule has 1 unspecified atom stereocenters. The summed E-state index contributed by atoms with van der Waals surface area (Å²) in [6.07, 6.45) is 2.29. The van der Waals surface area contributed by atoms with E-state index >= 15 is 0 Å². The van der Waals surface area contributed by atoms with E-state index in [9.17, 15) is 8.42 Å². The molecule has 0 amide bonds. The molecule has 0 bridgehead atoms. The van der Waals surface area contributed by atoms with Crippen LogP contribution in [0.1, 0.15) is 6.42 Å². The molecule has 1 atom stereocenters. The molecule has 2 heterocycles. The molecule has 0 aromatic carbocycles. The van der Waals surface area contributed by atoms with E-state index in [0.717, 1.165) is 13.0 Å². The zero-order valence-electron chi connectivity index (χ0n) is 8.47. The van der Waals surface area contributed by atoms with Crippen LogP contribution in [0, 0.1) is 0 Å². The van der Waals surface area contributed by atoms with Crippen LogP contribution in [0.15, 0.2) is 17.3 Å². The second-order valence-corrected chi connectivity index (χ2v) is 5.55. The first-order valence-corrected chi connectivity index (χ1v) is 6.24. The number of rotatable bonds is 3. The average molecular weight is 230 g/mol. The van der Waals surface area contributed by atoms with Crippen molar-refractivity contribution in [2.75, 3.05) is 20.1 Å². The molecular formula is C8H14N4O2S. The molecule has 7 heteroatoms. The highest BCUT2D eigenvalue weighted by Crippen LogP contribution is 2.16. The summed E-state index contributed by atoms with van der Waals surface area (Å²) in [6, 6.07) is 1.51. The number of hydrogen-bond donors (Lipinski definition) is 2. The lowest BCUT2D eigenvalue weighted by molar-refractivity contribution is 0.386. The molecule has 1 aliphatic heterocycles. The number of nitrogens with one attached hydrogen (secondary N) is 2. The fourth-order valence-electron chi connectivity index (χ4n) is 1.69. The summed E-state index contributed by atoms with van der Waals surface area (Å²) in [5, 5.41) is 9.42. The Hall–Kier alpha value is -0.920. The van der Waals surface area contributed by atoms with Crippen molar-refractivity contribution in [2.45, 2.75) is 17.5 Å². The van der Waals surface area contributed by atoms with Gasteiger partial charge in [-0.25, -0.2) is 8.42 Å². The smallest absolute Gasteiger partial charge is 0.260 e. The third kappa shape index (κ3) is 1.90. The van der Waals surface area contributed by atoms with Crippen molar-refractivity contribution in [1.82, 2.24) is 19.8 Å². The van der Waals surface area contributed by atoms with Gasteiger partial charge in [-0.2, -0.15) is 9.40 Å². The van der Waals surface area contributed by atoms with Crippen molar-refractivity contribution in [1.29, 1.82) is 0 Å². The van der Waals surface area contributed by atoms with E-state index in [-0.39, 0.29) is 11.1 Å². The fourth-order valence-corrected chi connectivity index (χ4v) is 2.97. The number of sulfonamides is 1. The standard InChI is InChI=1S/C8H14N4O2S/c1-12(7-2-4-9-6-7)15(13,14)8-3-5-10-11-8/h3,5,7,9H,2,4,6H2,1H3,(H,10,11). The first-order chi connectivity index (χ1) is 7.12. The van der Waals surface area contributed by atoms with E-state index in [1.807, 2.05) is 0 Å². The van der Waals surface area contributed by atoms with Crippen LogP contribution >= 0.6 is 0 Å². The second-order valence-electron chi connectivity index (χ2n) is 3.59. The van der Waals surface area contributed by atoms with Crippen LogP contribution < -0.4 is 5.32 Å². The van der Waals surface area contributed by atoms with Gasteiger partial charge < -0.3 is 5.32 Å². The predicted octanol–water partition coefficient (Wildman–Crippen LogP) is -0.608. The minimum absolute atomic E-state index is 0.0401. The van der Waals surface area contributed by atoms with Gasteiger partial charge in [0.25, 0.3) is 10.0 Å². The minimum atomic E-state index is -3.40. The Morgan fingerprint density at radius 2 is 2.40 bits per heavy atom. The Morgan fingerprint density at radius 3 is 2.93 bits per heavy atom. The highest BCUT2D eigenvalue weighted by molar-refractivity contribution is 7.89. The Labute approximate surface area is 88.7 Å². The Balaban J connectivity index is 2.22. The summed E-state index contributed by atoms with van der Waals surface area (Å²) in [4.78, 5) is 0. The Kier molecular flexibility index (Phi) is 2.76. The summed E-state index contributed by atoms with van der Waals surface area (Å²) in [6.45, 7) is 1.58. The van der Waals surface area contributed by atoms with Gasteiger partial charge in [0, 0.05) is 19.6 Å². The van der Waals surface area contributed by atoms with Crippen LogP contribution in [0.3, 0.4) is 0 Å². The maximum absolute atomic E-state index is 12.0. The first kappa shape index (κ1) is 10.6. The topological polar surface area (TPSA) is 78.1 Å². The van der Waals surface area contributed by atoms with Crippen LogP contribution in [0.25, 0.3) is 0 Å². The lowest BCUT2D eigenvalue weighted by atomic mass is 10.3. The summed E-state index contributed by atoms with van der Waals surface area (Å²) in [7, 11) is -1.80. The van der Waals surface area contributed by atoms with Gasteiger partial charge in [-0.15, -0.1) is 0 Å². The lowest BCUT2D eigenvalue weighted by Gasteiger charge is -2.21. The quantitative estimate of drug-likeness (QED) is 0.726. The fraction of sp³-hybridized carbons (Fsp3) is 0.625. The zero-order valence-corrected chi connectivity index (χ0v) is 9.29. The molecule has 6 nitrogen and oxygen atoms in total. The molecule has 1 aromatic rings. The molecule has 1 saturated heterocycles. The van der Waals surface area contributed by atoms with Crippen LogP contribution in [0.4, 0.5) is 0 Å². The van der Waals surface area contributed by atoms with E-state index in [1.165, 1.54) is 16.6 Å². The van der Waals surface area contributed by atoms with Crippen LogP contribution in [-0.2, 0) is 10.0 Å². The second kappa shape index (κ2) is 3.92. The Bertz CT molecular complexity index is 408. The number of H-pyrrole nitrogens is 1. The number of aromatic amines is 1. The maximum atomic E-state index is 12.0. The first-order valence-electron chi connectivity index (χ1n) is 4.80. The van der Waals surface area contributed by atoms with Crippen LogP contribution in [-0.4, -0.2) is 49.1 Å². The molecule has 1 aromatic heterocycles. The number of aromatic nitrogens is 2.